The lowest BCUT2D eigenvalue weighted by atomic mass is 10.0. The third kappa shape index (κ3) is 10.7. The van der Waals surface area contributed by atoms with Crippen molar-refractivity contribution >= 4 is 23.7 Å². The fourth-order valence-electron chi connectivity index (χ4n) is 3.15. The van der Waals surface area contributed by atoms with Crippen LogP contribution in [0.1, 0.15) is 51.1 Å². The third-order valence-electron chi connectivity index (χ3n) is 5.23. The first-order valence-electron chi connectivity index (χ1n) is 11.5. The molecule has 3 amide bonds. The Morgan fingerprint density at radius 2 is 1.53 bits per heavy atom. The lowest BCUT2D eigenvalue weighted by Gasteiger charge is -2.24. The Labute approximate surface area is 199 Å². The van der Waals surface area contributed by atoms with Crippen LogP contribution in [0.2, 0.25) is 0 Å². The Kier molecular flexibility index (Phi) is 13.4. The standard InChI is InChI=1S/C21H38N8O5/c1-13(21(33)34)27-19(31)16(7-3-5-9-23)28-20(32)17(10-14-11-25-12-26-14)29-18(30)15(24)6-2-4-8-22/h11-13,15-17H,2-10,22-24H2,1H3,(H,25,26)(H,27,31)(H,28,32)(H,29,30)(H,33,34). The van der Waals surface area contributed by atoms with Crippen LogP contribution >= 0.6 is 0 Å². The molecule has 13 nitrogen and oxygen atoms in total. The van der Waals surface area contributed by atoms with Crippen molar-refractivity contribution in [1.82, 2.24) is 25.9 Å². The number of carboxylic acids is 1. The van der Waals surface area contributed by atoms with Crippen molar-refractivity contribution in [2.24, 2.45) is 17.2 Å². The van der Waals surface area contributed by atoms with E-state index in [1.165, 1.54) is 19.4 Å². The van der Waals surface area contributed by atoms with E-state index in [2.05, 4.69) is 25.9 Å². The summed E-state index contributed by atoms with van der Waals surface area (Å²) in [5.74, 6) is -2.94. The van der Waals surface area contributed by atoms with Gasteiger partial charge < -0.3 is 43.2 Å². The zero-order valence-corrected chi connectivity index (χ0v) is 19.6. The number of carboxylic acid groups (broad SMARTS) is 1. The molecule has 1 heterocycles. The lowest BCUT2D eigenvalue weighted by molar-refractivity contribution is -0.141. The lowest BCUT2D eigenvalue weighted by Crippen LogP contribution is -2.57. The SMILES string of the molecule is CC(NC(=O)C(CCCCN)NC(=O)C(Cc1cnc[nH]1)NC(=O)C(N)CCCCN)C(=O)O. The molecule has 4 unspecified atom stereocenters. The van der Waals surface area contributed by atoms with Gasteiger partial charge >= 0.3 is 5.97 Å². The van der Waals surface area contributed by atoms with E-state index in [0.29, 0.717) is 44.5 Å². The normalized spacial score (nSPS) is 14.5. The first kappa shape index (κ1) is 29.0. The van der Waals surface area contributed by atoms with Gasteiger partial charge in [0.05, 0.1) is 12.4 Å². The molecule has 1 aromatic heterocycles. The van der Waals surface area contributed by atoms with E-state index in [-0.39, 0.29) is 12.8 Å². The molecule has 0 aromatic carbocycles. The number of carbonyl (C=O) groups excluding carboxylic acids is 3. The summed E-state index contributed by atoms with van der Waals surface area (Å²) >= 11 is 0. The van der Waals surface area contributed by atoms with Gasteiger partial charge in [-0.05, 0) is 52.1 Å². The van der Waals surface area contributed by atoms with E-state index < -0.39 is 47.9 Å². The van der Waals surface area contributed by atoms with Crippen molar-refractivity contribution in [2.75, 3.05) is 13.1 Å². The monoisotopic (exact) mass is 482 g/mol. The molecular formula is C21H38N8O5. The van der Waals surface area contributed by atoms with E-state index >= 15 is 0 Å². The number of aliphatic carboxylic acids is 1. The summed E-state index contributed by atoms with van der Waals surface area (Å²) in [4.78, 5) is 56.3. The fourth-order valence-corrected chi connectivity index (χ4v) is 3.15. The molecule has 0 bridgehead atoms. The van der Waals surface area contributed by atoms with Crippen LogP contribution in [0.5, 0.6) is 0 Å². The Hall–Kier alpha value is -3.03. The molecule has 4 atom stereocenters. The second kappa shape index (κ2) is 15.7. The smallest absolute Gasteiger partial charge is 0.325 e. The Bertz CT molecular complexity index is 773. The van der Waals surface area contributed by atoms with Crippen molar-refractivity contribution in [2.45, 2.75) is 76.0 Å². The first-order valence-corrected chi connectivity index (χ1v) is 11.5. The van der Waals surface area contributed by atoms with Crippen LogP contribution in [-0.4, -0.2) is 76.0 Å². The number of carbonyl (C=O) groups is 4. The van der Waals surface area contributed by atoms with E-state index in [1.54, 1.807) is 0 Å². The molecule has 13 heteroatoms. The highest BCUT2D eigenvalue weighted by atomic mass is 16.4. The molecule has 0 radical (unpaired) electrons. The Balaban J connectivity index is 2.94. The molecular weight excluding hydrogens is 444 g/mol. The van der Waals surface area contributed by atoms with Crippen LogP contribution in [0.15, 0.2) is 12.5 Å². The van der Waals surface area contributed by atoms with Crippen LogP contribution in [0.25, 0.3) is 0 Å². The van der Waals surface area contributed by atoms with E-state index in [1.807, 2.05) is 0 Å². The molecule has 0 fully saturated rings. The number of nitrogens with two attached hydrogens (primary N) is 3. The second-order valence-corrected chi connectivity index (χ2v) is 8.15. The number of H-pyrrole nitrogens is 1. The topological polar surface area (TPSA) is 231 Å². The molecule has 0 saturated carbocycles. The molecule has 0 aliphatic carbocycles. The number of hydrogen-bond acceptors (Lipinski definition) is 8. The highest BCUT2D eigenvalue weighted by Crippen LogP contribution is 2.06. The molecule has 0 aliphatic heterocycles. The summed E-state index contributed by atoms with van der Waals surface area (Å²) in [7, 11) is 0. The summed E-state index contributed by atoms with van der Waals surface area (Å²) in [5.41, 5.74) is 17.5. The molecule has 0 saturated heterocycles. The number of aromatic nitrogens is 2. The number of amides is 3. The molecule has 34 heavy (non-hydrogen) atoms. The van der Waals surface area contributed by atoms with Gasteiger partial charge in [-0.1, -0.05) is 6.42 Å². The van der Waals surface area contributed by atoms with Crippen LogP contribution in [0.4, 0.5) is 0 Å². The van der Waals surface area contributed by atoms with Gasteiger partial charge in [0.1, 0.15) is 18.1 Å². The van der Waals surface area contributed by atoms with E-state index in [4.69, 9.17) is 22.3 Å². The summed E-state index contributed by atoms with van der Waals surface area (Å²) in [6.45, 7) is 2.23. The highest BCUT2D eigenvalue weighted by molar-refractivity contribution is 5.94. The zero-order chi connectivity index (χ0) is 25.5. The van der Waals surface area contributed by atoms with Gasteiger partial charge in [0.15, 0.2) is 0 Å². The number of nitrogens with one attached hydrogen (secondary N) is 4. The Morgan fingerprint density at radius 1 is 0.941 bits per heavy atom. The van der Waals surface area contributed by atoms with Crippen molar-refractivity contribution in [1.29, 1.82) is 0 Å². The van der Waals surface area contributed by atoms with Gasteiger partial charge in [-0.3, -0.25) is 19.2 Å². The summed E-state index contributed by atoms with van der Waals surface area (Å²) < 4.78 is 0. The first-order chi connectivity index (χ1) is 16.2. The summed E-state index contributed by atoms with van der Waals surface area (Å²) in [5, 5.41) is 16.7. The van der Waals surface area contributed by atoms with Gasteiger partial charge in [-0.15, -0.1) is 0 Å². The van der Waals surface area contributed by atoms with Crippen LogP contribution in [0.3, 0.4) is 0 Å². The number of rotatable bonds is 17. The van der Waals surface area contributed by atoms with Gasteiger partial charge in [0, 0.05) is 18.3 Å². The van der Waals surface area contributed by atoms with Crippen molar-refractivity contribution < 1.29 is 24.3 Å². The molecule has 1 rings (SSSR count). The second-order valence-electron chi connectivity index (χ2n) is 8.15. The number of unbranched alkanes of at least 4 members (excludes halogenated alkanes) is 2. The minimum atomic E-state index is -1.20. The minimum absolute atomic E-state index is 0.0930. The molecule has 1 aromatic rings. The van der Waals surface area contributed by atoms with E-state index in [9.17, 15) is 19.2 Å². The number of aromatic amines is 1. The number of hydrogen-bond donors (Lipinski definition) is 8. The number of imidazole rings is 1. The highest BCUT2D eigenvalue weighted by Gasteiger charge is 2.29. The quantitative estimate of drug-likeness (QED) is 0.116. The third-order valence-corrected chi connectivity index (χ3v) is 5.23. The zero-order valence-electron chi connectivity index (χ0n) is 19.6. The van der Waals surface area contributed by atoms with Crippen molar-refractivity contribution in [3.8, 4) is 0 Å². The summed E-state index contributed by atoms with van der Waals surface area (Å²) in [6.07, 6.45) is 6.30. The predicted molar refractivity (Wildman–Crippen MR) is 125 cm³/mol. The molecule has 0 spiro atoms. The minimum Gasteiger partial charge on any atom is -0.480 e. The number of nitrogens with zero attached hydrogens (tertiary/aromatic N) is 1. The fraction of sp³-hybridized carbons (Fsp3) is 0.667. The van der Waals surface area contributed by atoms with Crippen LogP contribution in [0, 0.1) is 0 Å². The predicted octanol–water partition coefficient (Wildman–Crippen LogP) is -1.90. The average molecular weight is 483 g/mol. The van der Waals surface area contributed by atoms with Crippen molar-refractivity contribution in [3.63, 3.8) is 0 Å². The molecule has 0 aliphatic rings. The molecule has 11 N–H and O–H groups in total. The van der Waals surface area contributed by atoms with Crippen LogP contribution < -0.4 is 33.2 Å². The van der Waals surface area contributed by atoms with Gasteiger partial charge in [0.25, 0.3) is 0 Å². The van der Waals surface area contributed by atoms with Gasteiger partial charge in [-0.25, -0.2) is 4.98 Å². The van der Waals surface area contributed by atoms with Gasteiger partial charge in [0.2, 0.25) is 17.7 Å². The van der Waals surface area contributed by atoms with Gasteiger partial charge in [-0.2, -0.15) is 0 Å². The maximum absolute atomic E-state index is 13.1. The molecule has 192 valence electrons. The maximum atomic E-state index is 13.1. The average Bonchev–Trinajstić information content (AvgIpc) is 3.30. The van der Waals surface area contributed by atoms with Crippen molar-refractivity contribution in [3.05, 3.63) is 18.2 Å². The van der Waals surface area contributed by atoms with Crippen LogP contribution in [-0.2, 0) is 25.6 Å². The maximum Gasteiger partial charge on any atom is 0.325 e. The summed E-state index contributed by atoms with van der Waals surface area (Å²) in [6, 6.07) is -3.98. The Morgan fingerprint density at radius 3 is 2.09 bits per heavy atom. The largest absolute Gasteiger partial charge is 0.480 e. The van der Waals surface area contributed by atoms with E-state index in [0.717, 1.165) is 6.42 Å².